The zero-order valence-electron chi connectivity index (χ0n) is 8.91. The molecule has 0 saturated carbocycles. The van der Waals surface area contributed by atoms with Crippen LogP contribution in [-0.4, -0.2) is 31.1 Å². The summed E-state index contributed by atoms with van der Waals surface area (Å²) in [7, 11) is 0. The minimum atomic E-state index is -0.794. The van der Waals surface area contributed by atoms with E-state index in [4.69, 9.17) is 5.11 Å². The van der Waals surface area contributed by atoms with Gasteiger partial charge in [0.1, 0.15) is 23.6 Å². The zero-order valence-corrected chi connectivity index (χ0v) is 8.91. The van der Waals surface area contributed by atoms with E-state index in [9.17, 15) is 13.6 Å². The molecule has 1 rings (SSSR count). The van der Waals surface area contributed by atoms with Crippen molar-refractivity contribution in [2.24, 2.45) is 0 Å². The van der Waals surface area contributed by atoms with Gasteiger partial charge in [0.05, 0.1) is 6.61 Å². The summed E-state index contributed by atoms with van der Waals surface area (Å²) in [6, 6.07) is 1.96. The highest BCUT2D eigenvalue weighted by atomic mass is 19.1. The molecule has 0 aliphatic heterocycles. The van der Waals surface area contributed by atoms with E-state index in [2.05, 4.69) is 0 Å². The molecule has 0 aromatic heterocycles. The van der Waals surface area contributed by atoms with Crippen LogP contribution in [0, 0.1) is 11.6 Å². The van der Waals surface area contributed by atoms with E-state index in [1.54, 1.807) is 6.92 Å². The van der Waals surface area contributed by atoms with Crippen LogP contribution in [0.15, 0.2) is 12.1 Å². The summed E-state index contributed by atoms with van der Waals surface area (Å²) in [5, 5.41) is 8.77. The van der Waals surface area contributed by atoms with E-state index < -0.39 is 11.6 Å². The van der Waals surface area contributed by atoms with Crippen LogP contribution in [0.1, 0.15) is 17.3 Å². The van der Waals surface area contributed by atoms with Crippen LogP contribution in [0.3, 0.4) is 0 Å². The highest BCUT2D eigenvalue weighted by Gasteiger charge is 2.16. The quantitative estimate of drug-likeness (QED) is 0.779. The van der Waals surface area contributed by atoms with Gasteiger partial charge in [-0.1, -0.05) is 0 Å². The van der Waals surface area contributed by atoms with Gasteiger partial charge in [0, 0.05) is 18.7 Å². The van der Waals surface area contributed by atoms with E-state index >= 15 is 0 Å². The Morgan fingerprint density at radius 1 is 1.38 bits per heavy atom. The molecule has 1 aromatic carbocycles. The maximum absolute atomic E-state index is 13.5. The van der Waals surface area contributed by atoms with Gasteiger partial charge in [0.25, 0.3) is 0 Å². The van der Waals surface area contributed by atoms with Crippen molar-refractivity contribution in [2.45, 2.75) is 6.92 Å². The number of hydrogen-bond donors (Lipinski definition) is 1. The molecule has 5 heteroatoms. The number of anilines is 1. The normalized spacial score (nSPS) is 10.2. The molecular formula is C11H13F2NO2. The summed E-state index contributed by atoms with van der Waals surface area (Å²) in [5.41, 5.74) is -0.249. The number of aliphatic hydroxyl groups excluding tert-OH is 1. The fourth-order valence-electron chi connectivity index (χ4n) is 1.50. The molecule has 0 saturated heterocycles. The maximum atomic E-state index is 13.5. The number of aliphatic hydroxyl groups is 1. The molecule has 0 unspecified atom stereocenters. The van der Waals surface area contributed by atoms with Crippen LogP contribution in [0.2, 0.25) is 0 Å². The number of carbonyl (C=O) groups is 1. The predicted molar refractivity (Wildman–Crippen MR) is 56.7 cm³/mol. The number of halogens is 2. The van der Waals surface area contributed by atoms with E-state index in [1.807, 2.05) is 0 Å². The zero-order chi connectivity index (χ0) is 12.1. The van der Waals surface area contributed by atoms with Gasteiger partial charge in [-0.2, -0.15) is 0 Å². The molecule has 0 amide bonds. The van der Waals surface area contributed by atoms with E-state index in [0.29, 0.717) is 12.8 Å². The van der Waals surface area contributed by atoms with Gasteiger partial charge < -0.3 is 10.0 Å². The van der Waals surface area contributed by atoms with Crippen LogP contribution < -0.4 is 4.90 Å². The minimum absolute atomic E-state index is 0.0428. The van der Waals surface area contributed by atoms with Crippen molar-refractivity contribution in [3.63, 3.8) is 0 Å². The first-order chi connectivity index (χ1) is 7.63. The Kier molecular flexibility index (Phi) is 4.37. The van der Waals surface area contributed by atoms with E-state index in [1.165, 1.54) is 4.90 Å². The predicted octanol–water partition coefficient (Wildman–Crippen LogP) is 1.60. The molecule has 0 atom stereocenters. The fraction of sp³-hybridized carbons (Fsp3) is 0.364. The molecule has 0 spiro atoms. The standard InChI is InChI=1S/C11H13F2NO2/c1-2-14(3-4-15)11-9(12)5-8(7-16)6-10(11)13/h5-7,15H,2-4H2,1H3. The summed E-state index contributed by atoms with van der Waals surface area (Å²) >= 11 is 0. The smallest absolute Gasteiger partial charge is 0.150 e. The summed E-state index contributed by atoms with van der Waals surface area (Å²) in [4.78, 5) is 11.8. The first-order valence-electron chi connectivity index (χ1n) is 4.94. The molecule has 0 aliphatic carbocycles. The van der Waals surface area contributed by atoms with Gasteiger partial charge in [-0.3, -0.25) is 4.79 Å². The Morgan fingerprint density at radius 2 is 1.94 bits per heavy atom. The highest BCUT2D eigenvalue weighted by molar-refractivity contribution is 5.76. The van der Waals surface area contributed by atoms with Crippen molar-refractivity contribution in [1.29, 1.82) is 0 Å². The second-order valence-corrected chi connectivity index (χ2v) is 3.25. The van der Waals surface area contributed by atoms with Gasteiger partial charge in [-0.05, 0) is 19.1 Å². The average Bonchev–Trinajstić information content (AvgIpc) is 2.26. The first kappa shape index (κ1) is 12.6. The Balaban J connectivity index is 3.16. The van der Waals surface area contributed by atoms with Gasteiger partial charge in [0.15, 0.2) is 0 Å². The molecule has 3 nitrogen and oxygen atoms in total. The third-order valence-electron chi connectivity index (χ3n) is 2.24. The summed E-state index contributed by atoms with van der Waals surface area (Å²) in [6.45, 7) is 2.05. The van der Waals surface area contributed by atoms with Crippen molar-refractivity contribution >= 4 is 12.0 Å². The lowest BCUT2D eigenvalue weighted by atomic mass is 10.2. The van der Waals surface area contributed by atoms with Crippen LogP contribution in [0.5, 0.6) is 0 Å². The number of nitrogens with zero attached hydrogens (tertiary/aromatic N) is 1. The fourth-order valence-corrected chi connectivity index (χ4v) is 1.50. The van der Waals surface area contributed by atoms with Crippen LogP contribution in [0.25, 0.3) is 0 Å². The van der Waals surface area contributed by atoms with Gasteiger partial charge >= 0.3 is 0 Å². The van der Waals surface area contributed by atoms with Gasteiger partial charge in [0.2, 0.25) is 0 Å². The number of benzene rings is 1. The van der Waals surface area contributed by atoms with Crippen molar-refractivity contribution in [3.8, 4) is 0 Å². The SMILES string of the molecule is CCN(CCO)c1c(F)cc(C=O)cc1F. The number of carbonyl (C=O) groups excluding carboxylic acids is 1. The Bertz CT molecular complexity index is 359. The lowest BCUT2D eigenvalue weighted by Gasteiger charge is -2.23. The Hall–Kier alpha value is -1.49. The van der Waals surface area contributed by atoms with Crippen molar-refractivity contribution in [2.75, 3.05) is 24.6 Å². The van der Waals surface area contributed by atoms with Crippen LogP contribution >= 0.6 is 0 Å². The summed E-state index contributed by atoms with van der Waals surface area (Å²) in [5.74, 6) is -1.59. The molecule has 0 heterocycles. The van der Waals surface area contributed by atoms with Gasteiger partial charge in [-0.15, -0.1) is 0 Å². The second kappa shape index (κ2) is 5.55. The molecule has 1 aromatic rings. The lowest BCUT2D eigenvalue weighted by molar-refractivity contribution is 0.112. The topological polar surface area (TPSA) is 40.5 Å². The summed E-state index contributed by atoms with van der Waals surface area (Å²) in [6.07, 6.45) is 0.387. The Labute approximate surface area is 92.3 Å². The number of aldehydes is 1. The van der Waals surface area contributed by atoms with Crippen molar-refractivity contribution in [3.05, 3.63) is 29.3 Å². The lowest BCUT2D eigenvalue weighted by Crippen LogP contribution is -2.28. The molecule has 16 heavy (non-hydrogen) atoms. The first-order valence-corrected chi connectivity index (χ1v) is 4.94. The maximum Gasteiger partial charge on any atom is 0.150 e. The van der Waals surface area contributed by atoms with Crippen LogP contribution in [-0.2, 0) is 0 Å². The molecule has 0 bridgehead atoms. The highest BCUT2D eigenvalue weighted by Crippen LogP contribution is 2.24. The monoisotopic (exact) mass is 229 g/mol. The second-order valence-electron chi connectivity index (χ2n) is 3.25. The van der Waals surface area contributed by atoms with E-state index in [-0.39, 0.29) is 24.4 Å². The van der Waals surface area contributed by atoms with Crippen molar-refractivity contribution in [1.82, 2.24) is 0 Å². The molecule has 88 valence electrons. The number of hydrogen-bond acceptors (Lipinski definition) is 3. The number of likely N-dealkylation sites (N-methyl/N-ethyl adjacent to an activating group) is 1. The van der Waals surface area contributed by atoms with E-state index in [0.717, 1.165) is 12.1 Å². The third-order valence-corrected chi connectivity index (χ3v) is 2.24. The Morgan fingerprint density at radius 3 is 2.31 bits per heavy atom. The molecular weight excluding hydrogens is 216 g/mol. The van der Waals surface area contributed by atoms with Crippen molar-refractivity contribution < 1.29 is 18.7 Å². The molecule has 1 N–H and O–H groups in total. The minimum Gasteiger partial charge on any atom is -0.395 e. The number of rotatable bonds is 5. The largest absolute Gasteiger partial charge is 0.395 e. The third kappa shape index (κ3) is 2.55. The molecule has 0 aliphatic rings. The molecule has 0 fully saturated rings. The molecule has 0 radical (unpaired) electrons. The van der Waals surface area contributed by atoms with Crippen LogP contribution in [0.4, 0.5) is 14.5 Å². The average molecular weight is 229 g/mol. The summed E-state index contributed by atoms with van der Waals surface area (Å²) < 4.78 is 27.1. The van der Waals surface area contributed by atoms with Gasteiger partial charge in [-0.25, -0.2) is 8.78 Å².